The quantitative estimate of drug-likeness (QED) is 0.682. The van der Waals surface area contributed by atoms with Crippen LogP contribution in [0.1, 0.15) is 41.6 Å². The fraction of sp³-hybridized carbons (Fsp3) is 0.562. The van der Waals surface area contributed by atoms with Crippen LogP contribution in [0, 0.1) is 6.92 Å². The highest BCUT2D eigenvalue weighted by Gasteiger charge is 2.10. The number of carbonyl (C=O) groups excluding carboxylic acids is 1. The topological polar surface area (TPSA) is 41.1 Å². The highest BCUT2D eigenvalue weighted by atomic mass is 32.2. The molecule has 0 heterocycles. The van der Waals surface area contributed by atoms with Gasteiger partial charge in [-0.3, -0.25) is 4.79 Å². The number of hydrogen-bond acceptors (Lipinski definition) is 3. The fourth-order valence-electron chi connectivity index (χ4n) is 2.09. The molecule has 0 saturated heterocycles. The molecule has 1 aromatic carbocycles. The molecule has 0 unspecified atom stereocenters. The first-order chi connectivity index (χ1) is 9.69. The summed E-state index contributed by atoms with van der Waals surface area (Å²) in [4.78, 5) is 12.2. The summed E-state index contributed by atoms with van der Waals surface area (Å²) in [5.41, 5.74) is 2.72. The zero-order valence-corrected chi connectivity index (χ0v) is 13.6. The monoisotopic (exact) mass is 294 g/mol. The highest BCUT2D eigenvalue weighted by molar-refractivity contribution is 7.98. The summed E-state index contributed by atoms with van der Waals surface area (Å²) in [5.74, 6) is 1.25. The SMILES string of the molecule is CNc1ccc(C)cc1C(=O)NCCCCCCSC. The van der Waals surface area contributed by atoms with Crippen molar-refractivity contribution < 1.29 is 4.79 Å². The summed E-state index contributed by atoms with van der Waals surface area (Å²) in [7, 11) is 1.84. The number of thioether (sulfide) groups is 1. The Balaban J connectivity index is 2.34. The second-order valence-electron chi connectivity index (χ2n) is 4.96. The summed E-state index contributed by atoms with van der Waals surface area (Å²) < 4.78 is 0. The zero-order chi connectivity index (χ0) is 14.8. The first kappa shape index (κ1) is 16.9. The van der Waals surface area contributed by atoms with E-state index in [-0.39, 0.29) is 5.91 Å². The van der Waals surface area contributed by atoms with Crippen molar-refractivity contribution in [3.05, 3.63) is 29.3 Å². The predicted molar refractivity (Wildman–Crippen MR) is 89.9 cm³/mol. The van der Waals surface area contributed by atoms with E-state index in [1.807, 2.05) is 43.9 Å². The third-order valence-corrected chi connectivity index (χ3v) is 3.95. The Hall–Kier alpha value is -1.16. The van der Waals surface area contributed by atoms with Gasteiger partial charge in [-0.05, 0) is 43.9 Å². The number of unbranched alkanes of at least 4 members (excludes halogenated alkanes) is 3. The number of aryl methyl sites for hydroxylation is 1. The first-order valence-electron chi connectivity index (χ1n) is 7.24. The van der Waals surface area contributed by atoms with E-state index < -0.39 is 0 Å². The molecule has 112 valence electrons. The molecule has 0 spiro atoms. The number of anilines is 1. The molecule has 0 radical (unpaired) electrons. The molecule has 0 aliphatic rings. The Labute approximate surface area is 126 Å². The van der Waals surface area contributed by atoms with Gasteiger partial charge in [-0.25, -0.2) is 0 Å². The van der Waals surface area contributed by atoms with Gasteiger partial charge in [-0.15, -0.1) is 0 Å². The van der Waals surface area contributed by atoms with Crippen LogP contribution in [0.25, 0.3) is 0 Å². The van der Waals surface area contributed by atoms with E-state index in [1.165, 1.54) is 25.0 Å². The summed E-state index contributed by atoms with van der Waals surface area (Å²) in [6.07, 6.45) is 6.91. The van der Waals surface area contributed by atoms with Gasteiger partial charge in [0.25, 0.3) is 5.91 Å². The van der Waals surface area contributed by atoms with E-state index in [0.29, 0.717) is 0 Å². The van der Waals surface area contributed by atoms with Gasteiger partial charge >= 0.3 is 0 Å². The normalized spacial score (nSPS) is 10.3. The van der Waals surface area contributed by atoms with Crippen molar-refractivity contribution in [2.75, 3.05) is 30.9 Å². The van der Waals surface area contributed by atoms with E-state index >= 15 is 0 Å². The molecule has 4 heteroatoms. The highest BCUT2D eigenvalue weighted by Crippen LogP contribution is 2.16. The largest absolute Gasteiger partial charge is 0.387 e. The van der Waals surface area contributed by atoms with E-state index in [1.54, 1.807) is 0 Å². The van der Waals surface area contributed by atoms with Gasteiger partial charge in [-0.1, -0.05) is 24.5 Å². The van der Waals surface area contributed by atoms with Gasteiger partial charge in [0.1, 0.15) is 0 Å². The molecule has 0 bridgehead atoms. The average Bonchev–Trinajstić information content (AvgIpc) is 2.46. The van der Waals surface area contributed by atoms with Crippen LogP contribution >= 0.6 is 11.8 Å². The Kier molecular flexibility index (Phi) is 8.19. The third-order valence-electron chi connectivity index (χ3n) is 3.25. The lowest BCUT2D eigenvalue weighted by atomic mass is 10.1. The van der Waals surface area contributed by atoms with Crippen LogP contribution in [-0.4, -0.2) is 31.5 Å². The molecular weight excluding hydrogens is 268 g/mol. The van der Waals surface area contributed by atoms with Crippen molar-refractivity contribution in [2.45, 2.75) is 32.6 Å². The van der Waals surface area contributed by atoms with Crippen LogP contribution in [0.15, 0.2) is 18.2 Å². The summed E-state index contributed by atoms with van der Waals surface area (Å²) >= 11 is 1.90. The minimum Gasteiger partial charge on any atom is -0.387 e. The van der Waals surface area contributed by atoms with E-state index in [2.05, 4.69) is 16.9 Å². The molecular formula is C16H26N2OS. The number of benzene rings is 1. The van der Waals surface area contributed by atoms with Crippen molar-refractivity contribution in [1.29, 1.82) is 0 Å². The second-order valence-corrected chi connectivity index (χ2v) is 5.95. The molecule has 20 heavy (non-hydrogen) atoms. The van der Waals surface area contributed by atoms with Crippen molar-refractivity contribution in [3.8, 4) is 0 Å². The molecule has 3 nitrogen and oxygen atoms in total. The van der Waals surface area contributed by atoms with Crippen LogP contribution in [0.2, 0.25) is 0 Å². The van der Waals surface area contributed by atoms with Gasteiger partial charge in [0.15, 0.2) is 0 Å². The number of nitrogens with one attached hydrogen (secondary N) is 2. The molecule has 0 atom stereocenters. The van der Waals surface area contributed by atoms with Crippen LogP contribution in [-0.2, 0) is 0 Å². The molecule has 2 N–H and O–H groups in total. The number of carbonyl (C=O) groups is 1. The van der Waals surface area contributed by atoms with Gasteiger partial charge in [0, 0.05) is 19.3 Å². The minimum absolute atomic E-state index is 0.0159. The molecule has 1 rings (SSSR count). The first-order valence-corrected chi connectivity index (χ1v) is 8.64. The van der Waals surface area contributed by atoms with Crippen molar-refractivity contribution >= 4 is 23.4 Å². The maximum Gasteiger partial charge on any atom is 0.253 e. The Bertz CT molecular complexity index is 421. The zero-order valence-electron chi connectivity index (χ0n) is 12.8. The number of rotatable bonds is 9. The van der Waals surface area contributed by atoms with Crippen molar-refractivity contribution in [3.63, 3.8) is 0 Å². The molecule has 1 aromatic rings. The molecule has 0 aliphatic heterocycles. The smallest absolute Gasteiger partial charge is 0.253 e. The van der Waals surface area contributed by atoms with E-state index in [0.717, 1.165) is 29.8 Å². The number of amides is 1. The lowest BCUT2D eigenvalue weighted by Crippen LogP contribution is -2.25. The molecule has 0 aromatic heterocycles. The maximum atomic E-state index is 12.2. The van der Waals surface area contributed by atoms with E-state index in [4.69, 9.17) is 0 Å². The van der Waals surface area contributed by atoms with Crippen LogP contribution in [0.3, 0.4) is 0 Å². The summed E-state index contributed by atoms with van der Waals surface area (Å²) in [6.45, 7) is 2.76. The van der Waals surface area contributed by atoms with Crippen LogP contribution in [0.5, 0.6) is 0 Å². The molecule has 0 fully saturated rings. The fourth-order valence-corrected chi connectivity index (χ4v) is 2.58. The Morgan fingerprint density at radius 3 is 2.65 bits per heavy atom. The van der Waals surface area contributed by atoms with Gasteiger partial charge in [0.2, 0.25) is 0 Å². The summed E-state index contributed by atoms with van der Waals surface area (Å²) in [5, 5.41) is 6.07. The number of hydrogen-bond donors (Lipinski definition) is 2. The second kappa shape index (κ2) is 9.70. The van der Waals surface area contributed by atoms with Crippen molar-refractivity contribution in [2.24, 2.45) is 0 Å². The van der Waals surface area contributed by atoms with Gasteiger partial charge in [-0.2, -0.15) is 11.8 Å². The van der Waals surface area contributed by atoms with Crippen LogP contribution in [0.4, 0.5) is 5.69 Å². The Morgan fingerprint density at radius 1 is 1.20 bits per heavy atom. The lowest BCUT2D eigenvalue weighted by Gasteiger charge is -2.10. The average molecular weight is 294 g/mol. The Morgan fingerprint density at radius 2 is 1.95 bits per heavy atom. The molecule has 0 saturated carbocycles. The third kappa shape index (κ3) is 5.87. The molecule has 1 amide bonds. The standard InChI is InChI=1S/C16H26N2OS/c1-13-8-9-15(17-2)14(12-13)16(19)18-10-6-4-5-7-11-20-3/h8-9,12,17H,4-7,10-11H2,1-3H3,(H,18,19). The lowest BCUT2D eigenvalue weighted by molar-refractivity contribution is 0.0953. The van der Waals surface area contributed by atoms with Gasteiger partial charge < -0.3 is 10.6 Å². The predicted octanol–water partition coefficient (Wildman–Crippen LogP) is 3.69. The molecule has 0 aliphatic carbocycles. The summed E-state index contributed by atoms with van der Waals surface area (Å²) in [6, 6.07) is 5.89. The van der Waals surface area contributed by atoms with Crippen molar-refractivity contribution in [1.82, 2.24) is 5.32 Å². The van der Waals surface area contributed by atoms with Crippen LogP contribution < -0.4 is 10.6 Å². The van der Waals surface area contributed by atoms with Gasteiger partial charge in [0.05, 0.1) is 5.56 Å². The minimum atomic E-state index is 0.0159. The maximum absolute atomic E-state index is 12.2. The van der Waals surface area contributed by atoms with E-state index in [9.17, 15) is 4.79 Å².